The van der Waals surface area contributed by atoms with E-state index in [1.807, 2.05) is 18.2 Å². The molecule has 9 heteroatoms. The summed E-state index contributed by atoms with van der Waals surface area (Å²) in [5, 5.41) is 12.4. The standard InChI is InChI=1S/C27H27N5O3S/c1-17-9-10-21(16-22(17)32(34)35)27(33)31-13-11-30(12-14-31)25-24-18(2)19(3)36-26(24)29-23(28-25)15-20-7-5-4-6-8-20/h4-10,16H,11-15H2,1-3H3. The smallest absolute Gasteiger partial charge is 0.273 e. The molecular weight excluding hydrogens is 474 g/mol. The Morgan fingerprint density at radius 2 is 1.75 bits per heavy atom. The first-order valence-electron chi connectivity index (χ1n) is 11.9. The predicted octanol–water partition coefficient (Wildman–Crippen LogP) is 5.08. The van der Waals surface area contributed by atoms with E-state index >= 15 is 0 Å². The van der Waals surface area contributed by atoms with E-state index in [1.165, 1.54) is 16.5 Å². The summed E-state index contributed by atoms with van der Waals surface area (Å²) < 4.78 is 0. The Morgan fingerprint density at radius 1 is 1.03 bits per heavy atom. The molecule has 1 aliphatic heterocycles. The number of piperazine rings is 1. The summed E-state index contributed by atoms with van der Waals surface area (Å²) in [5.41, 5.74) is 3.22. The lowest BCUT2D eigenvalue weighted by atomic mass is 10.1. The van der Waals surface area contributed by atoms with Crippen molar-refractivity contribution in [1.82, 2.24) is 14.9 Å². The molecule has 1 fully saturated rings. The van der Waals surface area contributed by atoms with Crippen LogP contribution >= 0.6 is 11.3 Å². The highest BCUT2D eigenvalue weighted by Gasteiger charge is 2.27. The van der Waals surface area contributed by atoms with Gasteiger partial charge in [-0.2, -0.15) is 0 Å². The van der Waals surface area contributed by atoms with Crippen LogP contribution in [-0.4, -0.2) is 51.9 Å². The molecule has 0 atom stereocenters. The normalized spacial score (nSPS) is 13.9. The minimum atomic E-state index is -0.442. The van der Waals surface area contributed by atoms with Crippen LogP contribution in [0.25, 0.3) is 10.2 Å². The second kappa shape index (κ2) is 9.66. The Bertz CT molecular complexity index is 1460. The fourth-order valence-corrected chi connectivity index (χ4v) is 5.64. The Morgan fingerprint density at radius 3 is 2.44 bits per heavy atom. The van der Waals surface area contributed by atoms with Crippen molar-refractivity contribution in [2.75, 3.05) is 31.1 Å². The van der Waals surface area contributed by atoms with Crippen molar-refractivity contribution in [2.24, 2.45) is 0 Å². The van der Waals surface area contributed by atoms with E-state index in [0.29, 0.717) is 43.7 Å². The number of fused-ring (bicyclic) bond motifs is 1. The number of carbonyl (C=O) groups excluding carboxylic acids is 1. The lowest BCUT2D eigenvalue weighted by Crippen LogP contribution is -2.49. The van der Waals surface area contributed by atoms with Crippen LogP contribution < -0.4 is 4.90 Å². The van der Waals surface area contributed by atoms with E-state index in [9.17, 15) is 14.9 Å². The predicted molar refractivity (Wildman–Crippen MR) is 142 cm³/mol. The first kappa shape index (κ1) is 23.9. The summed E-state index contributed by atoms with van der Waals surface area (Å²) in [7, 11) is 0. The molecule has 1 amide bonds. The quantitative estimate of drug-likeness (QED) is 0.280. The van der Waals surface area contributed by atoms with Gasteiger partial charge < -0.3 is 9.80 Å². The van der Waals surface area contributed by atoms with Crippen LogP contribution in [0, 0.1) is 30.9 Å². The number of nitro groups is 1. The maximum absolute atomic E-state index is 13.1. The van der Waals surface area contributed by atoms with Gasteiger partial charge in [0.1, 0.15) is 16.5 Å². The first-order valence-corrected chi connectivity index (χ1v) is 12.7. The highest BCUT2D eigenvalue weighted by molar-refractivity contribution is 7.18. The minimum absolute atomic E-state index is 0.0305. The molecule has 4 aromatic rings. The van der Waals surface area contributed by atoms with Crippen molar-refractivity contribution in [3.05, 3.63) is 91.6 Å². The van der Waals surface area contributed by atoms with Crippen molar-refractivity contribution in [3.63, 3.8) is 0 Å². The zero-order valence-corrected chi connectivity index (χ0v) is 21.3. The molecule has 3 heterocycles. The van der Waals surface area contributed by atoms with Crippen LogP contribution in [0.2, 0.25) is 0 Å². The minimum Gasteiger partial charge on any atom is -0.352 e. The van der Waals surface area contributed by atoms with Gasteiger partial charge in [0, 0.05) is 54.7 Å². The highest BCUT2D eigenvalue weighted by atomic mass is 32.1. The number of thiophene rings is 1. The SMILES string of the molecule is Cc1ccc(C(=O)N2CCN(c3nc(Cc4ccccc4)nc4sc(C)c(C)c34)CC2)cc1[N+](=O)[O-]. The van der Waals surface area contributed by atoms with Crippen molar-refractivity contribution >= 4 is 39.0 Å². The zero-order chi connectivity index (χ0) is 25.4. The Labute approximate surface area is 213 Å². The third-order valence-electron chi connectivity index (χ3n) is 6.78. The molecule has 2 aromatic carbocycles. The number of carbonyl (C=O) groups is 1. The molecule has 1 aliphatic rings. The molecule has 5 rings (SSSR count). The van der Waals surface area contributed by atoms with Gasteiger partial charge in [-0.25, -0.2) is 9.97 Å². The monoisotopic (exact) mass is 501 g/mol. The van der Waals surface area contributed by atoms with Crippen LogP contribution in [-0.2, 0) is 6.42 Å². The Kier molecular flexibility index (Phi) is 6.40. The molecule has 0 N–H and O–H groups in total. The Hall–Kier alpha value is -3.85. The van der Waals surface area contributed by atoms with Gasteiger partial charge in [-0.1, -0.05) is 36.4 Å². The van der Waals surface area contributed by atoms with Gasteiger partial charge in [-0.15, -0.1) is 11.3 Å². The van der Waals surface area contributed by atoms with Crippen molar-refractivity contribution in [1.29, 1.82) is 0 Å². The van der Waals surface area contributed by atoms with E-state index in [2.05, 4.69) is 30.9 Å². The maximum Gasteiger partial charge on any atom is 0.273 e. The van der Waals surface area contributed by atoms with Gasteiger partial charge in [0.2, 0.25) is 0 Å². The summed E-state index contributed by atoms with van der Waals surface area (Å²) in [4.78, 5) is 40.1. The first-order chi connectivity index (χ1) is 17.3. The van der Waals surface area contributed by atoms with Gasteiger partial charge in [-0.3, -0.25) is 14.9 Å². The zero-order valence-electron chi connectivity index (χ0n) is 20.5. The van der Waals surface area contributed by atoms with Gasteiger partial charge in [-0.05, 0) is 38.0 Å². The average molecular weight is 502 g/mol. The Balaban J connectivity index is 1.39. The lowest BCUT2D eigenvalue weighted by molar-refractivity contribution is -0.385. The number of aromatic nitrogens is 2. The van der Waals surface area contributed by atoms with Crippen LogP contribution in [0.5, 0.6) is 0 Å². The number of benzene rings is 2. The average Bonchev–Trinajstić information content (AvgIpc) is 3.17. The molecule has 0 aliphatic carbocycles. The molecule has 0 bridgehead atoms. The molecule has 2 aromatic heterocycles. The van der Waals surface area contributed by atoms with Crippen LogP contribution in [0.15, 0.2) is 48.5 Å². The second-order valence-corrected chi connectivity index (χ2v) is 10.3. The van der Waals surface area contributed by atoms with E-state index in [1.54, 1.807) is 35.3 Å². The number of rotatable bonds is 5. The number of hydrogen-bond donors (Lipinski definition) is 0. The van der Waals surface area contributed by atoms with Crippen molar-refractivity contribution < 1.29 is 9.72 Å². The number of amides is 1. The number of anilines is 1. The molecule has 1 saturated heterocycles. The molecule has 184 valence electrons. The van der Waals surface area contributed by atoms with E-state index in [4.69, 9.17) is 9.97 Å². The fourth-order valence-electron chi connectivity index (χ4n) is 4.60. The molecular formula is C27H27N5O3S. The van der Waals surface area contributed by atoms with Crippen LogP contribution in [0.4, 0.5) is 11.5 Å². The second-order valence-electron chi connectivity index (χ2n) is 9.13. The van der Waals surface area contributed by atoms with Gasteiger partial charge in [0.25, 0.3) is 11.6 Å². The van der Waals surface area contributed by atoms with Gasteiger partial charge in [0.15, 0.2) is 0 Å². The maximum atomic E-state index is 13.1. The fraction of sp³-hybridized carbons (Fsp3) is 0.296. The summed E-state index contributed by atoms with van der Waals surface area (Å²) in [6.45, 7) is 8.19. The van der Waals surface area contributed by atoms with Crippen LogP contribution in [0.3, 0.4) is 0 Å². The third-order valence-corrected chi connectivity index (χ3v) is 7.88. The molecule has 0 unspecified atom stereocenters. The van der Waals surface area contributed by atoms with Crippen LogP contribution in [0.1, 0.15) is 37.7 Å². The summed E-state index contributed by atoms with van der Waals surface area (Å²) in [5.74, 6) is 1.53. The summed E-state index contributed by atoms with van der Waals surface area (Å²) >= 11 is 1.69. The van der Waals surface area contributed by atoms with E-state index in [0.717, 1.165) is 27.4 Å². The van der Waals surface area contributed by atoms with Gasteiger partial charge in [0.05, 0.1) is 10.3 Å². The molecule has 36 heavy (non-hydrogen) atoms. The highest BCUT2D eigenvalue weighted by Crippen LogP contribution is 2.35. The number of nitro benzene ring substituents is 1. The topological polar surface area (TPSA) is 92.5 Å². The van der Waals surface area contributed by atoms with Crippen molar-refractivity contribution in [3.8, 4) is 0 Å². The summed E-state index contributed by atoms with van der Waals surface area (Å²) in [6.07, 6.45) is 0.657. The number of nitrogens with zero attached hydrogens (tertiary/aromatic N) is 5. The number of aryl methyl sites for hydroxylation is 3. The molecule has 0 spiro atoms. The molecule has 0 saturated carbocycles. The molecule has 8 nitrogen and oxygen atoms in total. The van der Waals surface area contributed by atoms with Crippen molar-refractivity contribution in [2.45, 2.75) is 27.2 Å². The third kappa shape index (κ3) is 4.54. The van der Waals surface area contributed by atoms with E-state index < -0.39 is 4.92 Å². The van der Waals surface area contributed by atoms with E-state index in [-0.39, 0.29) is 11.6 Å². The largest absolute Gasteiger partial charge is 0.352 e. The molecule has 0 radical (unpaired) electrons. The van der Waals surface area contributed by atoms with Gasteiger partial charge >= 0.3 is 0 Å². The lowest BCUT2D eigenvalue weighted by Gasteiger charge is -2.36. The number of hydrogen-bond acceptors (Lipinski definition) is 7. The summed E-state index contributed by atoms with van der Waals surface area (Å²) in [6, 6.07) is 14.9.